The lowest BCUT2D eigenvalue weighted by Gasteiger charge is -2.11. The van der Waals surface area contributed by atoms with Crippen molar-refractivity contribution in [2.45, 2.75) is 19.6 Å². The second-order valence-corrected chi connectivity index (χ2v) is 1.65. The first-order valence-corrected chi connectivity index (χ1v) is 3.02. The van der Waals surface area contributed by atoms with Crippen molar-refractivity contribution >= 4 is 6.16 Å². The second-order valence-electron chi connectivity index (χ2n) is 1.65. The summed E-state index contributed by atoms with van der Waals surface area (Å²) in [5.74, 6) is 0. The Balaban J connectivity index is 3.52. The van der Waals surface area contributed by atoms with Gasteiger partial charge in [-0.05, 0) is 0 Å². The molecule has 0 saturated heterocycles. The minimum atomic E-state index is -0.714. The number of ether oxygens (including phenoxy) is 3. The van der Waals surface area contributed by atoms with Crippen molar-refractivity contribution in [3.8, 4) is 0 Å². The molecule has 0 aliphatic rings. The summed E-state index contributed by atoms with van der Waals surface area (Å²) in [6.07, 6.45) is -0.591. The molecule has 0 spiro atoms. The molecule has 10 heavy (non-hydrogen) atoms. The molecule has 0 aliphatic carbocycles. The Morgan fingerprint density at radius 2 is 2.10 bits per heavy atom. The third kappa shape index (κ3) is 3.29. The molecule has 0 aromatic carbocycles. The van der Waals surface area contributed by atoms with E-state index in [1.54, 1.807) is 0 Å². The van der Waals surface area contributed by atoms with E-state index in [-0.39, 0.29) is 0 Å². The van der Waals surface area contributed by atoms with Crippen LogP contribution in [0.1, 0.15) is 13.3 Å². The Morgan fingerprint density at radius 1 is 1.50 bits per heavy atom. The van der Waals surface area contributed by atoms with Gasteiger partial charge in [0, 0.05) is 13.5 Å². The standard InChI is InChI=1S/C6H12O4/c1-4-5(8-2)10-6(7)9-3/h5H,4H2,1-3H3. The lowest BCUT2D eigenvalue weighted by Crippen LogP contribution is -2.18. The van der Waals surface area contributed by atoms with Crippen LogP contribution in [-0.2, 0) is 14.2 Å². The highest BCUT2D eigenvalue weighted by Gasteiger charge is 2.09. The van der Waals surface area contributed by atoms with E-state index in [9.17, 15) is 4.79 Å². The molecule has 0 heterocycles. The smallest absolute Gasteiger partial charge is 0.438 e. The van der Waals surface area contributed by atoms with E-state index in [1.165, 1.54) is 14.2 Å². The van der Waals surface area contributed by atoms with Gasteiger partial charge in [-0.3, -0.25) is 0 Å². The minimum Gasteiger partial charge on any atom is -0.438 e. The van der Waals surface area contributed by atoms with Crippen molar-refractivity contribution in [3.05, 3.63) is 0 Å². The monoisotopic (exact) mass is 148 g/mol. The molecular formula is C6H12O4. The van der Waals surface area contributed by atoms with Gasteiger partial charge >= 0.3 is 6.16 Å². The van der Waals surface area contributed by atoms with Crippen LogP contribution in [0.25, 0.3) is 0 Å². The Morgan fingerprint density at radius 3 is 2.40 bits per heavy atom. The summed E-state index contributed by atoms with van der Waals surface area (Å²) in [7, 11) is 2.72. The average Bonchev–Trinajstić information content (AvgIpc) is 1.99. The minimum absolute atomic E-state index is 0.493. The number of methoxy groups -OCH3 is 2. The number of rotatable bonds is 3. The van der Waals surface area contributed by atoms with E-state index in [2.05, 4.69) is 9.47 Å². The fourth-order valence-electron chi connectivity index (χ4n) is 0.454. The highest BCUT2D eigenvalue weighted by atomic mass is 16.8. The van der Waals surface area contributed by atoms with Crippen molar-refractivity contribution in [2.24, 2.45) is 0 Å². The van der Waals surface area contributed by atoms with E-state index in [1.807, 2.05) is 6.92 Å². The van der Waals surface area contributed by atoms with Crippen molar-refractivity contribution in [3.63, 3.8) is 0 Å². The van der Waals surface area contributed by atoms with E-state index in [0.29, 0.717) is 6.42 Å². The van der Waals surface area contributed by atoms with Crippen LogP contribution < -0.4 is 0 Å². The maximum atomic E-state index is 10.4. The van der Waals surface area contributed by atoms with E-state index in [4.69, 9.17) is 4.74 Å². The molecule has 0 aliphatic heterocycles. The molecule has 0 rings (SSSR count). The topological polar surface area (TPSA) is 44.8 Å². The molecule has 0 bridgehead atoms. The van der Waals surface area contributed by atoms with Crippen LogP contribution in [0, 0.1) is 0 Å². The zero-order valence-electron chi connectivity index (χ0n) is 6.42. The quantitative estimate of drug-likeness (QED) is 0.445. The summed E-state index contributed by atoms with van der Waals surface area (Å²) in [6.45, 7) is 1.84. The lowest BCUT2D eigenvalue weighted by molar-refractivity contribution is -0.101. The third-order valence-corrected chi connectivity index (χ3v) is 0.991. The van der Waals surface area contributed by atoms with Crippen LogP contribution in [0.3, 0.4) is 0 Å². The summed E-state index contributed by atoms with van der Waals surface area (Å²) < 4.78 is 13.6. The Labute approximate surface area is 60.1 Å². The zero-order valence-corrected chi connectivity index (χ0v) is 6.42. The molecule has 0 fully saturated rings. The normalized spacial score (nSPS) is 12.3. The van der Waals surface area contributed by atoms with Crippen LogP contribution in [0.4, 0.5) is 4.79 Å². The molecule has 60 valence electrons. The van der Waals surface area contributed by atoms with E-state index >= 15 is 0 Å². The van der Waals surface area contributed by atoms with Crippen LogP contribution >= 0.6 is 0 Å². The van der Waals surface area contributed by atoms with E-state index < -0.39 is 12.4 Å². The summed E-state index contributed by atoms with van der Waals surface area (Å²) >= 11 is 0. The number of carbonyl (C=O) groups excluding carboxylic acids is 1. The highest BCUT2D eigenvalue weighted by molar-refractivity contribution is 5.59. The second kappa shape index (κ2) is 5.05. The molecule has 0 radical (unpaired) electrons. The predicted octanol–water partition coefficient (Wildman–Crippen LogP) is 1.15. The largest absolute Gasteiger partial charge is 0.510 e. The highest BCUT2D eigenvalue weighted by Crippen LogP contribution is 1.99. The first-order chi connectivity index (χ1) is 4.74. The Hall–Kier alpha value is -0.770. The van der Waals surface area contributed by atoms with Crippen molar-refractivity contribution in [1.82, 2.24) is 0 Å². The Kier molecular flexibility index (Phi) is 4.66. The van der Waals surface area contributed by atoms with Crippen LogP contribution in [0.15, 0.2) is 0 Å². The Bertz CT molecular complexity index is 97.9. The van der Waals surface area contributed by atoms with Crippen molar-refractivity contribution in [2.75, 3.05) is 14.2 Å². The van der Waals surface area contributed by atoms with Gasteiger partial charge in [0.25, 0.3) is 0 Å². The van der Waals surface area contributed by atoms with Gasteiger partial charge in [0.15, 0.2) is 0 Å². The number of carbonyl (C=O) groups is 1. The van der Waals surface area contributed by atoms with Crippen molar-refractivity contribution < 1.29 is 19.0 Å². The summed E-state index contributed by atoms with van der Waals surface area (Å²) in [6, 6.07) is 0. The first-order valence-electron chi connectivity index (χ1n) is 3.02. The maximum absolute atomic E-state index is 10.4. The molecule has 4 heteroatoms. The van der Waals surface area contributed by atoms with Gasteiger partial charge in [-0.25, -0.2) is 4.79 Å². The number of hydrogen-bond acceptors (Lipinski definition) is 4. The first kappa shape index (κ1) is 9.23. The van der Waals surface area contributed by atoms with Crippen LogP contribution in [-0.4, -0.2) is 26.7 Å². The van der Waals surface area contributed by atoms with Gasteiger partial charge in [0.1, 0.15) is 0 Å². The third-order valence-electron chi connectivity index (χ3n) is 0.991. The predicted molar refractivity (Wildman–Crippen MR) is 34.6 cm³/mol. The fraction of sp³-hybridized carbons (Fsp3) is 0.833. The van der Waals surface area contributed by atoms with Gasteiger partial charge < -0.3 is 14.2 Å². The zero-order chi connectivity index (χ0) is 7.98. The van der Waals surface area contributed by atoms with Gasteiger partial charge in [-0.15, -0.1) is 0 Å². The molecule has 0 saturated carbocycles. The van der Waals surface area contributed by atoms with Gasteiger partial charge in [-0.1, -0.05) is 6.92 Å². The molecule has 0 aromatic heterocycles. The summed E-state index contributed by atoms with van der Waals surface area (Å²) in [5, 5.41) is 0. The van der Waals surface area contributed by atoms with E-state index in [0.717, 1.165) is 0 Å². The fourth-order valence-corrected chi connectivity index (χ4v) is 0.454. The van der Waals surface area contributed by atoms with Crippen molar-refractivity contribution in [1.29, 1.82) is 0 Å². The average molecular weight is 148 g/mol. The molecule has 1 unspecified atom stereocenters. The molecular weight excluding hydrogens is 136 g/mol. The maximum Gasteiger partial charge on any atom is 0.510 e. The molecule has 0 aromatic rings. The SMILES string of the molecule is CCC(OC)OC(=O)OC. The molecule has 4 nitrogen and oxygen atoms in total. The molecule has 0 amide bonds. The van der Waals surface area contributed by atoms with Gasteiger partial charge in [0.05, 0.1) is 7.11 Å². The van der Waals surface area contributed by atoms with Gasteiger partial charge in [0.2, 0.25) is 6.29 Å². The van der Waals surface area contributed by atoms with Crippen LogP contribution in [0.2, 0.25) is 0 Å². The lowest BCUT2D eigenvalue weighted by atomic mass is 10.5. The number of hydrogen-bond donors (Lipinski definition) is 0. The summed E-state index contributed by atoms with van der Waals surface area (Å²) in [4.78, 5) is 10.4. The van der Waals surface area contributed by atoms with Crippen LogP contribution in [0.5, 0.6) is 0 Å². The molecule has 1 atom stereocenters. The molecule has 0 N–H and O–H groups in total. The van der Waals surface area contributed by atoms with Gasteiger partial charge in [-0.2, -0.15) is 0 Å². The summed E-state index contributed by atoms with van der Waals surface area (Å²) in [5.41, 5.74) is 0.